The van der Waals surface area contributed by atoms with Crippen molar-refractivity contribution in [1.29, 1.82) is 0 Å². The Morgan fingerprint density at radius 2 is 1.78 bits per heavy atom. The first kappa shape index (κ1) is 12.9. The van der Waals surface area contributed by atoms with Crippen molar-refractivity contribution in [2.24, 2.45) is 23.5 Å². The molecule has 1 heterocycles. The first-order valence-electron chi connectivity index (χ1n) is 8.18. The van der Waals surface area contributed by atoms with Crippen LogP contribution in [0.25, 0.3) is 0 Å². The number of nitrogens with zero attached hydrogens (tertiary/aromatic N) is 1. The van der Waals surface area contributed by atoms with Crippen molar-refractivity contribution in [2.75, 3.05) is 6.54 Å². The molecule has 0 spiro atoms. The van der Waals surface area contributed by atoms with Gasteiger partial charge in [0.2, 0.25) is 0 Å². The van der Waals surface area contributed by atoms with Crippen molar-refractivity contribution in [1.82, 2.24) is 4.90 Å². The van der Waals surface area contributed by atoms with Gasteiger partial charge in [-0.25, -0.2) is 0 Å². The fraction of sp³-hybridized carbons (Fsp3) is 1.00. The highest BCUT2D eigenvalue weighted by molar-refractivity contribution is 4.99. The van der Waals surface area contributed by atoms with E-state index in [0.717, 1.165) is 23.8 Å². The van der Waals surface area contributed by atoms with Crippen molar-refractivity contribution >= 4 is 0 Å². The maximum Gasteiger partial charge on any atom is 0.0276 e. The maximum absolute atomic E-state index is 6.53. The molecule has 0 aromatic carbocycles. The minimum absolute atomic E-state index is 0.420. The number of rotatable bonds is 1. The van der Waals surface area contributed by atoms with E-state index in [1.807, 2.05) is 0 Å². The Labute approximate surface area is 112 Å². The van der Waals surface area contributed by atoms with Crippen LogP contribution >= 0.6 is 0 Å². The lowest BCUT2D eigenvalue weighted by Crippen LogP contribution is -2.59. The molecule has 2 heteroatoms. The van der Waals surface area contributed by atoms with Crippen LogP contribution in [0.3, 0.4) is 0 Å². The molecule has 2 saturated carbocycles. The Kier molecular flexibility index (Phi) is 3.68. The third-order valence-electron chi connectivity index (χ3n) is 5.89. The molecule has 6 unspecified atom stereocenters. The van der Waals surface area contributed by atoms with E-state index in [2.05, 4.69) is 18.7 Å². The van der Waals surface area contributed by atoms with Gasteiger partial charge in [0.1, 0.15) is 0 Å². The average molecular weight is 250 g/mol. The largest absolute Gasteiger partial charge is 0.326 e. The van der Waals surface area contributed by atoms with Gasteiger partial charge < -0.3 is 5.73 Å². The van der Waals surface area contributed by atoms with E-state index in [4.69, 9.17) is 5.73 Å². The van der Waals surface area contributed by atoms with Gasteiger partial charge in [-0.3, -0.25) is 4.90 Å². The molecule has 0 aromatic rings. The van der Waals surface area contributed by atoms with Crippen LogP contribution in [0.1, 0.15) is 58.8 Å². The topological polar surface area (TPSA) is 29.3 Å². The summed E-state index contributed by atoms with van der Waals surface area (Å²) in [4.78, 5) is 2.85. The summed E-state index contributed by atoms with van der Waals surface area (Å²) >= 11 is 0. The predicted octanol–water partition coefficient (Wildman–Crippen LogP) is 3.01. The molecule has 6 atom stereocenters. The first-order chi connectivity index (χ1) is 8.66. The number of nitrogens with two attached hydrogens (primary N) is 1. The molecule has 18 heavy (non-hydrogen) atoms. The van der Waals surface area contributed by atoms with Crippen molar-refractivity contribution in [3.05, 3.63) is 0 Å². The lowest BCUT2D eigenvalue weighted by Gasteiger charge is -2.50. The molecule has 3 rings (SSSR count). The van der Waals surface area contributed by atoms with Crippen molar-refractivity contribution < 1.29 is 0 Å². The normalized spacial score (nSPS) is 50.2. The Morgan fingerprint density at radius 3 is 2.56 bits per heavy atom. The van der Waals surface area contributed by atoms with E-state index in [0.29, 0.717) is 12.1 Å². The van der Waals surface area contributed by atoms with E-state index < -0.39 is 0 Å². The first-order valence-corrected chi connectivity index (χ1v) is 8.18. The lowest BCUT2D eigenvalue weighted by atomic mass is 9.74. The molecule has 104 valence electrons. The van der Waals surface area contributed by atoms with Gasteiger partial charge in [0, 0.05) is 18.1 Å². The number of fused-ring (bicyclic) bond motifs is 1. The molecule has 0 aromatic heterocycles. The molecule has 1 saturated heterocycles. The molecular formula is C16H30N2. The molecule has 2 nitrogen and oxygen atoms in total. The zero-order chi connectivity index (χ0) is 12.7. The minimum atomic E-state index is 0.420. The predicted molar refractivity (Wildman–Crippen MR) is 76.4 cm³/mol. The number of piperidine rings is 1. The third kappa shape index (κ3) is 2.22. The van der Waals surface area contributed by atoms with Crippen LogP contribution < -0.4 is 5.73 Å². The van der Waals surface area contributed by atoms with Crippen molar-refractivity contribution in [3.63, 3.8) is 0 Å². The highest BCUT2D eigenvalue weighted by Crippen LogP contribution is 2.41. The van der Waals surface area contributed by atoms with Gasteiger partial charge in [-0.15, -0.1) is 0 Å². The van der Waals surface area contributed by atoms with E-state index in [9.17, 15) is 0 Å². The summed E-state index contributed by atoms with van der Waals surface area (Å²) in [5, 5.41) is 0. The van der Waals surface area contributed by atoms with Gasteiger partial charge in [0.05, 0.1) is 0 Å². The molecule has 2 aliphatic carbocycles. The van der Waals surface area contributed by atoms with Crippen LogP contribution in [0.2, 0.25) is 0 Å². The summed E-state index contributed by atoms with van der Waals surface area (Å²) in [7, 11) is 0. The molecular weight excluding hydrogens is 220 g/mol. The summed E-state index contributed by atoms with van der Waals surface area (Å²) in [6.07, 6.45) is 9.89. The Morgan fingerprint density at radius 1 is 1.00 bits per heavy atom. The summed E-state index contributed by atoms with van der Waals surface area (Å²) in [5.74, 6) is 2.62. The SMILES string of the molecule is CC1CC(C)C(N2CCCC3CCCC32)C(N)C1. The van der Waals surface area contributed by atoms with Crippen LogP contribution in [0.5, 0.6) is 0 Å². The minimum Gasteiger partial charge on any atom is -0.326 e. The van der Waals surface area contributed by atoms with Crippen molar-refractivity contribution in [2.45, 2.75) is 76.9 Å². The highest BCUT2D eigenvalue weighted by atomic mass is 15.2. The monoisotopic (exact) mass is 250 g/mol. The molecule has 2 N–H and O–H groups in total. The Hall–Kier alpha value is -0.0800. The zero-order valence-electron chi connectivity index (χ0n) is 12.1. The fourth-order valence-corrected chi connectivity index (χ4v) is 5.33. The Balaban J connectivity index is 1.75. The smallest absolute Gasteiger partial charge is 0.0276 e. The van der Waals surface area contributed by atoms with Crippen LogP contribution in [-0.2, 0) is 0 Å². The molecule has 0 radical (unpaired) electrons. The second kappa shape index (κ2) is 5.13. The molecule has 0 bridgehead atoms. The molecule has 3 aliphatic rings. The summed E-state index contributed by atoms with van der Waals surface area (Å²) in [6.45, 7) is 6.14. The van der Waals surface area contributed by atoms with E-state index in [1.165, 1.54) is 51.5 Å². The van der Waals surface area contributed by atoms with Gasteiger partial charge in [-0.05, 0) is 62.8 Å². The van der Waals surface area contributed by atoms with E-state index in [-0.39, 0.29) is 0 Å². The number of hydrogen-bond donors (Lipinski definition) is 1. The molecule has 1 aliphatic heterocycles. The second-order valence-corrected chi connectivity index (χ2v) is 7.35. The Bertz CT molecular complexity index is 279. The lowest BCUT2D eigenvalue weighted by molar-refractivity contribution is 0.00543. The van der Waals surface area contributed by atoms with Gasteiger partial charge in [0.15, 0.2) is 0 Å². The quantitative estimate of drug-likeness (QED) is 0.775. The van der Waals surface area contributed by atoms with Crippen LogP contribution in [-0.4, -0.2) is 29.6 Å². The molecule has 3 fully saturated rings. The van der Waals surface area contributed by atoms with Gasteiger partial charge in [0.25, 0.3) is 0 Å². The van der Waals surface area contributed by atoms with Gasteiger partial charge in [-0.2, -0.15) is 0 Å². The van der Waals surface area contributed by atoms with Gasteiger partial charge in [-0.1, -0.05) is 20.3 Å². The van der Waals surface area contributed by atoms with Crippen LogP contribution in [0.15, 0.2) is 0 Å². The summed E-state index contributed by atoms with van der Waals surface area (Å²) < 4.78 is 0. The standard InChI is InChI=1S/C16H30N2/c1-11-9-12(2)16(14(17)10-11)18-8-4-6-13-5-3-7-15(13)18/h11-16H,3-10,17H2,1-2H3. The van der Waals surface area contributed by atoms with Gasteiger partial charge >= 0.3 is 0 Å². The van der Waals surface area contributed by atoms with Crippen LogP contribution in [0.4, 0.5) is 0 Å². The number of likely N-dealkylation sites (tertiary alicyclic amines) is 1. The average Bonchev–Trinajstić information content (AvgIpc) is 2.76. The van der Waals surface area contributed by atoms with E-state index >= 15 is 0 Å². The summed E-state index contributed by atoms with van der Waals surface area (Å²) in [5.41, 5.74) is 6.53. The third-order valence-corrected chi connectivity index (χ3v) is 5.89. The second-order valence-electron chi connectivity index (χ2n) is 7.35. The highest BCUT2D eigenvalue weighted by Gasteiger charge is 2.43. The fourth-order valence-electron chi connectivity index (χ4n) is 5.33. The maximum atomic E-state index is 6.53. The molecule has 0 amide bonds. The zero-order valence-corrected chi connectivity index (χ0v) is 12.1. The summed E-state index contributed by atoms with van der Waals surface area (Å²) in [6, 6.07) is 1.97. The van der Waals surface area contributed by atoms with Crippen LogP contribution in [0, 0.1) is 17.8 Å². The van der Waals surface area contributed by atoms with E-state index in [1.54, 1.807) is 0 Å². The van der Waals surface area contributed by atoms with Crippen molar-refractivity contribution in [3.8, 4) is 0 Å². The number of hydrogen-bond acceptors (Lipinski definition) is 2.